The summed E-state index contributed by atoms with van der Waals surface area (Å²) in [5.41, 5.74) is 6.39. The predicted octanol–water partition coefficient (Wildman–Crippen LogP) is 1.81. The SMILES string of the molecule is CC[C@@H]([NH+]=C(NS)C(N)=Nc1ccc(Br)c(C(=O)N(C)C)c1O)c1ccc(C)o1. The first-order chi connectivity index (χ1) is 13.7. The molecule has 0 bridgehead atoms. The highest BCUT2D eigenvalue weighted by molar-refractivity contribution is 9.10. The number of furan rings is 1. The highest BCUT2D eigenvalue weighted by Crippen LogP contribution is 2.36. The molecule has 0 saturated heterocycles. The highest BCUT2D eigenvalue weighted by Gasteiger charge is 2.22. The standard InChI is InChI=1S/C19H24BrN5O3S/c1-5-12(14-9-6-10(2)28-14)23-18(24-29)17(21)22-13-8-7-11(20)15(16(13)26)19(27)25(3)4/h6-9,12,26,29H,5H2,1-4H3,(H2,21,22)(H,23,24)/p+1/t12-/m1/s1. The highest BCUT2D eigenvalue weighted by atomic mass is 79.9. The molecule has 1 amide bonds. The van der Waals surface area contributed by atoms with Crippen molar-refractivity contribution >= 4 is 52.0 Å². The number of benzene rings is 1. The Bertz CT molecular complexity index is 955. The number of hydrogen-bond acceptors (Lipinski definition) is 5. The largest absolute Gasteiger partial charge is 0.505 e. The van der Waals surface area contributed by atoms with E-state index in [1.165, 1.54) is 4.90 Å². The zero-order chi connectivity index (χ0) is 21.7. The lowest BCUT2D eigenvalue weighted by molar-refractivity contribution is -0.513. The number of nitrogens with zero attached hydrogens (tertiary/aromatic N) is 2. The van der Waals surface area contributed by atoms with Crippen LogP contribution in [0.4, 0.5) is 5.69 Å². The van der Waals surface area contributed by atoms with Crippen LogP contribution in [0.15, 0.2) is 38.1 Å². The van der Waals surface area contributed by atoms with Crippen LogP contribution in [-0.2, 0) is 0 Å². The van der Waals surface area contributed by atoms with Crippen LogP contribution in [0.3, 0.4) is 0 Å². The number of amides is 1. The molecule has 5 N–H and O–H groups in total. The number of aryl methyl sites for hydroxylation is 1. The second-order valence-corrected chi connectivity index (χ2v) is 7.61. The number of rotatable bonds is 5. The van der Waals surface area contributed by atoms with Gasteiger partial charge in [-0.25, -0.2) is 9.71 Å². The molecule has 0 fully saturated rings. The van der Waals surface area contributed by atoms with Crippen molar-refractivity contribution < 1.29 is 19.3 Å². The molecule has 1 aromatic heterocycles. The fourth-order valence-corrected chi connectivity index (χ4v) is 3.28. The molecule has 0 aliphatic rings. The van der Waals surface area contributed by atoms with E-state index in [1.807, 2.05) is 26.0 Å². The summed E-state index contributed by atoms with van der Waals surface area (Å²) < 4.78 is 8.82. The van der Waals surface area contributed by atoms with Crippen LogP contribution in [0.5, 0.6) is 5.75 Å². The zero-order valence-corrected chi connectivity index (χ0v) is 19.1. The molecule has 0 aliphatic carbocycles. The molecule has 1 aromatic carbocycles. The van der Waals surface area contributed by atoms with Gasteiger partial charge in [-0.1, -0.05) is 6.92 Å². The van der Waals surface area contributed by atoms with Crippen molar-refractivity contribution in [2.45, 2.75) is 26.3 Å². The zero-order valence-electron chi connectivity index (χ0n) is 16.7. The number of carbonyl (C=O) groups is 1. The summed E-state index contributed by atoms with van der Waals surface area (Å²) in [7, 11) is 3.20. The molecule has 156 valence electrons. The Kier molecular flexibility index (Phi) is 7.74. The Morgan fingerprint density at radius 1 is 1.41 bits per heavy atom. The number of amidine groups is 2. The molecule has 1 atom stereocenters. The van der Waals surface area contributed by atoms with Crippen molar-refractivity contribution in [2.24, 2.45) is 10.7 Å². The summed E-state index contributed by atoms with van der Waals surface area (Å²) in [5.74, 6) is 1.33. The molecule has 0 aliphatic heterocycles. The van der Waals surface area contributed by atoms with E-state index in [9.17, 15) is 9.90 Å². The van der Waals surface area contributed by atoms with Crippen LogP contribution in [-0.4, -0.2) is 41.7 Å². The second-order valence-electron chi connectivity index (χ2n) is 6.53. The van der Waals surface area contributed by atoms with Crippen molar-refractivity contribution in [3.8, 4) is 5.75 Å². The smallest absolute Gasteiger partial charge is 0.322 e. The van der Waals surface area contributed by atoms with E-state index >= 15 is 0 Å². The number of thiol groups is 1. The molecule has 10 heteroatoms. The first-order valence-corrected chi connectivity index (χ1v) is 10.1. The minimum Gasteiger partial charge on any atom is -0.505 e. The van der Waals surface area contributed by atoms with Crippen LogP contribution in [0.1, 0.15) is 41.3 Å². The van der Waals surface area contributed by atoms with Crippen molar-refractivity contribution in [2.75, 3.05) is 14.1 Å². The number of hydrogen-bond donors (Lipinski definition) is 5. The van der Waals surface area contributed by atoms with E-state index in [0.717, 1.165) is 17.9 Å². The van der Waals surface area contributed by atoms with Gasteiger partial charge in [-0.2, -0.15) is 0 Å². The Balaban J connectivity index is 2.44. The van der Waals surface area contributed by atoms with Gasteiger partial charge in [0, 0.05) is 31.4 Å². The van der Waals surface area contributed by atoms with Crippen LogP contribution >= 0.6 is 28.7 Å². The average Bonchev–Trinajstić information content (AvgIpc) is 3.11. The molecule has 0 saturated carbocycles. The van der Waals surface area contributed by atoms with Gasteiger partial charge in [0.1, 0.15) is 17.2 Å². The van der Waals surface area contributed by atoms with E-state index in [1.54, 1.807) is 26.2 Å². The minimum absolute atomic E-state index is 0.0580. The number of phenols is 1. The number of halogens is 1. The van der Waals surface area contributed by atoms with E-state index in [2.05, 4.69) is 43.5 Å². The monoisotopic (exact) mass is 482 g/mol. The van der Waals surface area contributed by atoms with Gasteiger partial charge in [-0.3, -0.25) is 9.79 Å². The fourth-order valence-electron chi connectivity index (χ4n) is 2.61. The quantitative estimate of drug-likeness (QED) is 0.253. The van der Waals surface area contributed by atoms with Gasteiger partial charge < -0.3 is 20.2 Å². The van der Waals surface area contributed by atoms with Gasteiger partial charge in [0.25, 0.3) is 5.91 Å². The van der Waals surface area contributed by atoms with Gasteiger partial charge in [-0.15, -0.1) is 0 Å². The van der Waals surface area contributed by atoms with Crippen LogP contribution in [0, 0.1) is 6.92 Å². The number of aromatic hydroxyl groups is 1. The summed E-state index contributed by atoms with van der Waals surface area (Å²) in [6.45, 7) is 3.87. The lowest BCUT2D eigenvalue weighted by Crippen LogP contribution is -2.79. The fraction of sp³-hybridized carbons (Fsp3) is 0.316. The van der Waals surface area contributed by atoms with Crippen LogP contribution < -0.4 is 15.4 Å². The lowest BCUT2D eigenvalue weighted by atomic mass is 10.1. The number of phenolic OH excluding ortho intramolecular Hbond substituents is 1. The summed E-state index contributed by atoms with van der Waals surface area (Å²) in [5, 5.41) is 10.6. The third-order valence-corrected chi connectivity index (χ3v) is 5.05. The molecule has 2 aromatic rings. The number of nitrogens with two attached hydrogens (primary N) is 1. The average molecular weight is 483 g/mol. The van der Waals surface area contributed by atoms with E-state index in [4.69, 9.17) is 10.2 Å². The Labute approximate surface area is 183 Å². The first-order valence-electron chi connectivity index (χ1n) is 8.87. The van der Waals surface area contributed by atoms with E-state index in [0.29, 0.717) is 10.3 Å². The van der Waals surface area contributed by atoms with Gasteiger partial charge in [-0.05, 0) is 53.5 Å². The summed E-state index contributed by atoms with van der Waals surface area (Å²) in [6.07, 6.45) is 0.726. The van der Waals surface area contributed by atoms with Crippen LogP contribution in [0.2, 0.25) is 0 Å². The number of nitrogens with one attached hydrogen (secondary N) is 2. The van der Waals surface area contributed by atoms with Gasteiger partial charge in [0.05, 0.1) is 5.56 Å². The van der Waals surface area contributed by atoms with Crippen molar-refractivity contribution in [1.82, 2.24) is 9.62 Å². The molecule has 2 rings (SSSR count). The predicted molar refractivity (Wildman–Crippen MR) is 120 cm³/mol. The van der Waals surface area contributed by atoms with Gasteiger partial charge in [0.15, 0.2) is 11.8 Å². The van der Waals surface area contributed by atoms with E-state index < -0.39 is 0 Å². The lowest BCUT2D eigenvalue weighted by Gasteiger charge is -2.14. The first kappa shape index (κ1) is 22.8. The second kappa shape index (κ2) is 9.84. The maximum Gasteiger partial charge on any atom is 0.322 e. The van der Waals surface area contributed by atoms with Crippen molar-refractivity contribution in [1.29, 1.82) is 0 Å². The summed E-state index contributed by atoms with van der Waals surface area (Å²) in [6, 6.07) is 6.80. The molecule has 0 radical (unpaired) electrons. The Hall–Kier alpha value is -2.46. The maximum absolute atomic E-state index is 12.4. The number of carbonyl (C=O) groups excluding carboxylic acids is 1. The molecular formula is C19H25BrN5O3S+. The van der Waals surface area contributed by atoms with Crippen LogP contribution in [0.25, 0.3) is 0 Å². The van der Waals surface area contributed by atoms with E-state index in [-0.39, 0.29) is 34.8 Å². The Morgan fingerprint density at radius 2 is 2.10 bits per heavy atom. The maximum atomic E-state index is 12.4. The van der Waals surface area contributed by atoms with Gasteiger partial charge in [0.2, 0.25) is 5.84 Å². The molecule has 0 spiro atoms. The molecular weight excluding hydrogens is 458 g/mol. The topological polar surface area (TPSA) is 118 Å². The molecule has 1 heterocycles. The third kappa shape index (κ3) is 5.33. The Morgan fingerprint density at radius 3 is 2.62 bits per heavy atom. The molecule has 8 nitrogen and oxygen atoms in total. The summed E-state index contributed by atoms with van der Waals surface area (Å²) >= 11 is 7.39. The summed E-state index contributed by atoms with van der Waals surface area (Å²) in [4.78, 5) is 21.2. The van der Waals surface area contributed by atoms with Crippen molar-refractivity contribution in [3.63, 3.8) is 0 Å². The van der Waals surface area contributed by atoms with Gasteiger partial charge >= 0.3 is 5.84 Å². The number of aliphatic imine (C=N–C) groups is 1. The normalized spacial score (nSPS) is 13.3. The van der Waals surface area contributed by atoms with Crippen molar-refractivity contribution in [3.05, 3.63) is 45.8 Å². The third-order valence-electron chi connectivity index (χ3n) is 4.17. The minimum atomic E-state index is -0.362. The molecule has 29 heavy (non-hydrogen) atoms. The molecule has 0 unspecified atom stereocenters.